The number of aliphatic hydroxyl groups is 1. The summed E-state index contributed by atoms with van der Waals surface area (Å²) in [5.74, 6) is 0.533. The number of aryl methyl sites for hydroxylation is 2. The van der Waals surface area contributed by atoms with E-state index in [-0.39, 0.29) is 12.6 Å². The highest BCUT2D eigenvalue weighted by atomic mass is 35.5. The number of methoxy groups -OCH3 is 1. The molecule has 0 aliphatic rings. The monoisotopic (exact) mass is 259 g/mol. The second-order valence-electron chi connectivity index (χ2n) is 3.84. The number of aliphatic hydroxyl groups excluding tert-OH is 1. The Morgan fingerprint density at radius 3 is 2.59 bits per heavy atom. The van der Waals surface area contributed by atoms with Crippen molar-refractivity contribution in [1.82, 2.24) is 9.97 Å². The van der Waals surface area contributed by atoms with Gasteiger partial charge in [0.2, 0.25) is 0 Å². The molecular formula is C11H18ClN3O2. The van der Waals surface area contributed by atoms with Crippen molar-refractivity contribution in [2.75, 3.05) is 25.6 Å². The lowest BCUT2D eigenvalue weighted by molar-refractivity contribution is 0.170. The number of hydrogen-bond donors (Lipinski definition) is 2. The molecule has 0 bridgehead atoms. The first-order valence-corrected chi connectivity index (χ1v) is 5.83. The summed E-state index contributed by atoms with van der Waals surface area (Å²) in [7, 11) is 1.61. The van der Waals surface area contributed by atoms with Crippen LogP contribution in [0.5, 0.6) is 0 Å². The van der Waals surface area contributed by atoms with Gasteiger partial charge in [0, 0.05) is 13.7 Å². The summed E-state index contributed by atoms with van der Waals surface area (Å²) in [6, 6.07) is -0.0288. The number of anilines is 1. The zero-order valence-corrected chi connectivity index (χ0v) is 11.1. The molecule has 17 heavy (non-hydrogen) atoms. The number of ether oxygens (including phenoxy) is 1. The Kier molecular flexibility index (Phi) is 5.61. The first-order chi connectivity index (χ1) is 8.08. The first-order valence-electron chi connectivity index (χ1n) is 5.45. The maximum absolute atomic E-state index is 8.94. The van der Waals surface area contributed by atoms with Crippen LogP contribution in [0.1, 0.15) is 17.8 Å². The number of nitrogens with zero attached hydrogens (tertiary/aromatic N) is 2. The molecule has 1 aromatic rings. The average molecular weight is 260 g/mol. The first kappa shape index (κ1) is 14.2. The Morgan fingerprint density at radius 1 is 1.35 bits per heavy atom. The minimum atomic E-state index is -0.0288. The molecule has 0 aliphatic heterocycles. The summed E-state index contributed by atoms with van der Waals surface area (Å²) in [6.45, 7) is 4.29. The lowest BCUT2D eigenvalue weighted by Gasteiger charge is -2.18. The van der Waals surface area contributed by atoms with Crippen molar-refractivity contribution in [3.63, 3.8) is 0 Å². The Balaban J connectivity index is 2.81. The third-order valence-corrected chi connectivity index (χ3v) is 2.71. The molecule has 1 aromatic heterocycles. The van der Waals surface area contributed by atoms with Gasteiger partial charge in [0.05, 0.1) is 24.0 Å². The summed E-state index contributed by atoms with van der Waals surface area (Å²) < 4.78 is 5.06. The van der Waals surface area contributed by atoms with Gasteiger partial charge >= 0.3 is 0 Å². The average Bonchev–Trinajstić information content (AvgIpc) is 2.26. The lowest BCUT2D eigenvalue weighted by atomic mass is 10.2. The largest absolute Gasteiger partial charge is 0.396 e. The van der Waals surface area contributed by atoms with Crippen LogP contribution in [0.3, 0.4) is 0 Å². The molecule has 0 aliphatic carbocycles. The Bertz CT molecular complexity index is 368. The third-order valence-electron chi connectivity index (χ3n) is 2.45. The molecule has 6 heteroatoms. The van der Waals surface area contributed by atoms with E-state index in [1.807, 2.05) is 13.8 Å². The molecule has 1 unspecified atom stereocenters. The van der Waals surface area contributed by atoms with E-state index in [4.69, 9.17) is 21.4 Å². The number of hydrogen-bond acceptors (Lipinski definition) is 5. The fourth-order valence-electron chi connectivity index (χ4n) is 1.42. The fourth-order valence-corrected chi connectivity index (χ4v) is 1.64. The summed E-state index contributed by atoms with van der Waals surface area (Å²) in [5, 5.41) is 12.4. The highest BCUT2D eigenvalue weighted by Crippen LogP contribution is 2.19. The molecule has 0 amide bonds. The van der Waals surface area contributed by atoms with Crippen LogP contribution >= 0.6 is 11.6 Å². The number of aromatic nitrogens is 2. The minimum Gasteiger partial charge on any atom is -0.396 e. The molecule has 5 nitrogen and oxygen atoms in total. The van der Waals surface area contributed by atoms with E-state index in [1.54, 1.807) is 7.11 Å². The van der Waals surface area contributed by atoms with Crippen LogP contribution in [0.25, 0.3) is 0 Å². The van der Waals surface area contributed by atoms with Crippen LogP contribution in [0, 0.1) is 13.8 Å². The predicted octanol–water partition coefficient (Wildman–Crippen LogP) is 1.56. The number of nitrogens with one attached hydrogen (secondary N) is 1. The normalized spacial score (nSPS) is 12.5. The topological polar surface area (TPSA) is 67.3 Å². The van der Waals surface area contributed by atoms with Gasteiger partial charge in [-0.1, -0.05) is 11.6 Å². The zero-order chi connectivity index (χ0) is 12.8. The van der Waals surface area contributed by atoms with Crippen molar-refractivity contribution >= 4 is 17.4 Å². The van der Waals surface area contributed by atoms with Gasteiger partial charge in [0.1, 0.15) is 0 Å². The molecular weight excluding hydrogens is 242 g/mol. The van der Waals surface area contributed by atoms with Gasteiger partial charge in [-0.25, -0.2) is 9.97 Å². The molecule has 96 valence electrons. The van der Waals surface area contributed by atoms with Crippen LogP contribution in [-0.2, 0) is 4.74 Å². The van der Waals surface area contributed by atoms with Crippen LogP contribution in [0.2, 0.25) is 5.15 Å². The molecule has 0 saturated carbocycles. The second-order valence-corrected chi connectivity index (χ2v) is 4.20. The van der Waals surface area contributed by atoms with Crippen LogP contribution < -0.4 is 5.32 Å². The quantitative estimate of drug-likeness (QED) is 0.812. The molecule has 1 heterocycles. The molecule has 0 radical (unpaired) electrons. The van der Waals surface area contributed by atoms with Crippen molar-refractivity contribution in [2.45, 2.75) is 26.3 Å². The van der Waals surface area contributed by atoms with Crippen molar-refractivity contribution in [2.24, 2.45) is 0 Å². The number of rotatable bonds is 6. The Hall–Kier alpha value is -0.910. The summed E-state index contributed by atoms with van der Waals surface area (Å²) in [5.41, 5.74) is 1.64. The second kappa shape index (κ2) is 6.74. The highest BCUT2D eigenvalue weighted by molar-refractivity contribution is 6.31. The standard InChI is InChI=1S/C11H18ClN3O2/c1-7-8(2)14-11(10(12)13-7)15-9(4-5-16)6-17-3/h9,16H,4-6H2,1-3H3,(H,14,15). The van der Waals surface area contributed by atoms with Crippen LogP contribution in [0.15, 0.2) is 0 Å². The van der Waals surface area contributed by atoms with Gasteiger partial charge in [0.25, 0.3) is 0 Å². The maximum atomic E-state index is 8.94. The SMILES string of the molecule is COCC(CCO)Nc1nc(C)c(C)nc1Cl. The Morgan fingerprint density at radius 2 is 2.00 bits per heavy atom. The van der Waals surface area contributed by atoms with Crippen LogP contribution in [-0.4, -0.2) is 41.4 Å². The molecule has 2 N–H and O–H groups in total. The molecule has 0 fully saturated rings. The third kappa shape index (κ3) is 4.11. The minimum absolute atomic E-state index is 0.0288. The summed E-state index contributed by atoms with van der Waals surface area (Å²) in [4.78, 5) is 8.52. The summed E-state index contributed by atoms with van der Waals surface area (Å²) >= 11 is 6.01. The summed E-state index contributed by atoms with van der Waals surface area (Å²) in [6.07, 6.45) is 0.568. The van der Waals surface area contributed by atoms with Gasteiger partial charge in [-0.05, 0) is 20.3 Å². The maximum Gasteiger partial charge on any atom is 0.171 e. The van der Waals surface area contributed by atoms with Gasteiger partial charge in [-0.15, -0.1) is 0 Å². The smallest absolute Gasteiger partial charge is 0.171 e. The lowest BCUT2D eigenvalue weighted by Crippen LogP contribution is -2.27. The van der Waals surface area contributed by atoms with Crippen LogP contribution in [0.4, 0.5) is 5.82 Å². The van der Waals surface area contributed by atoms with Crippen molar-refractivity contribution in [3.05, 3.63) is 16.5 Å². The molecule has 1 rings (SSSR count). The van der Waals surface area contributed by atoms with E-state index in [0.29, 0.717) is 24.0 Å². The van der Waals surface area contributed by atoms with Crippen molar-refractivity contribution in [1.29, 1.82) is 0 Å². The van der Waals surface area contributed by atoms with E-state index in [1.165, 1.54) is 0 Å². The van der Waals surface area contributed by atoms with E-state index in [0.717, 1.165) is 11.4 Å². The van der Waals surface area contributed by atoms with Crippen molar-refractivity contribution < 1.29 is 9.84 Å². The van der Waals surface area contributed by atoms with Gasteiger partial charge in [-0.3, -0.25) is 0 Å². The predicted molar refractivity (Wildman–Crippen MR) is 67.5 cm³/mol. The van der Waals surface area contributed by atoms with Gasteiger partial charge in [0.15, 0.2) is 11.0 Å². The molecule has 0 aromatic carbocycles. The van der Waals surface area contributed by atoms with E-state index in [2.05, 4.69) is 15.3 Å². The highest BCUT2D eigenvalue weighted by Gasteiger charge is 2.13. The fraction of sp³-hybridized carbons (Fsp3) is 0.636. The zero-order valence-electron chi connectivity index (χ0n) is 10.3. The Labute approximate surface area is 106 Å². The molecule has 0 saturated heterocycles. The van der Waals surface area contributed by atoms with Crippen molar-refractivity contribution in [3.8, 4) is 0 Å². The van der Waals surface area contributed by atoms with Gasteiger partial charge in [-0.2, -0.15) is 0 Å². The van der Waals surface area contributed by atoms with E-state index < -0.39 is 0 Å². The van der Waals surface area contributed by atoms with E-state index >= 15 is 0 Å². The molecule has 1 atom stereocenters. The van der Waals surface area contributed by atoms with E-state index in [9.17, 15) is 0 Å². The number of halogens is 1. The van der Waals surface area contributed by atoms with Gasteiger partial charge < -0.3 is 15.2 Å². The molecule has 0 spiro atoms.